The Morgan fingerprint density at radius 2 is 2.29 bits per heavy atom. The van der Waals surface area contributed by atoms with Gasteiger partial charge in [-0.3, -0.25) is 4.79 Å². The van der Waals surface area contributed by atoms with E-state index in [1.807, 2.05) is 6.07 Å². The lowest BCUT2D eigenvalue weighted by atomic mass is 10.2. The van der Waals surface area contributed by atoms with Crippen LogP contribution in [-0.4, -0.2) is 17.6 Å². The van der Waals surface area contributed by atoms with Crippen molar-refractivity contribution >= 4 is 5.91 Å². The number of nitrogens with one attached hydrogen (secondary N) is 1. The van der Waals surface area contributed by atoms with Crippen LogP contribution >= 0.6 is 0 Å². The van der Waals surface area contributed by atoms with Gasteiger partial charge in [0.25, 0.3) is 0 Å². The normalized spacial score (nSPS) is 10.0. The molecule has 4 nitrogen and oxygen atoms in total. The second-order valence-electron chi connectivity index (χ2n) is 3.06. The van der Waals surface area contributed by atoms with E-state index in [-0.39, 0.29) is 11.7 Å². The van der Waals surface area contributed by atoms with Gasteiger partial charge in [0.15, 0.2) is 0 Å². The summed E-state index contributed by atoms with van der Waals surface area (Å²) in [6.07, 6.45) is 0.332. The van der Waals surface area contributed by atoms with Gasteiger partial charge in [0, 0.05) is 19.5 Å². The molecule has 0 bridgehead atoms. The first-order valence-electron chi connectivity index (χ1n) is 4.45. The number of amides is 1. The smallest absolute Gasteiger partial charge is 0.218 e. The van der Waals surface area contributed by atoms with Crippen LogP contribution in [0.15, 0.2) is 24.3 Å². The highest BCUT2D eigenvalue weighted by Crippen LogP contribution is 2.10. The monoisotopic (exact) mass is 194 g/mol. The summed E-state index contributed by atoms with van der Waals surface area (Å²) in [6.45, 7) is 1.19. The van der Waals surface area contributed by atoms with E-state index in [0.29, 0.717) is 19.5 Å². The maximum Gasteiger partial charge on any atom is 0.218 e. The van der Waals surface area contributed by atoms with Crippen molar-refractivity contribution in [3.8, 4) is 5.75 Å². The van der Waals surface area contributed by atoms with E-state index in [4.69, 9.17) is 10.8 Å². The van der Waals surface area contributed by atoms with Crippen molar-refractivity contribution in [1.82, 2.24) is 5.32 Å². The maximum atomic E-state index is 10.4. The minimum absolute atomic E-state index is 0.249. The molecule has 0 aliphatic rings. The molecule has 0 spiro atoms. The van der Waals surface area contributed by atoms with E-state index in [9.17, 15) is 4.79 Å². The van der Waals surface area contributed by atoms with Gasteiger partial charge in [-0.25, -0.2) is 0 Å². The third kappa shape index (κ3) is 3.91. The summed E-state index contributed by atoms with van der Waals surface area (Å²) in [5.41, 5.74) is 5.96. The molecule has 1 aromatic rings. The van der Waals surface area contributed by atoms with Crippen LogP contribution in [0.5, 0.6) is 5.75 Å². The number of phenolic OH excluding ortho intramolecular Hbond substituents is 1. The molecule has 4 heteroatoms. The van der Waals surface area contributed by atoms with Crippen molar-refractivity contribution in [3.05, 3.63) is 29.8 Å². The Hall–Kier alpha value is -1.55. The second-order valence-corrected chi connectivity index (χ2v) is 3.06. The minimum Gasteiger partial charge on any atom is -0.508 e. The van der Waals surface area contributed by atoms with Crippen molar-refractivity contribution in [2.45, 2.75) is 13.0 Å². The molecule has 0 fully saturated rings. The molecule has 0 unspecified atom stereocenters. The Balaban J connectivity index is 2.28. The van der Waals surface area contributed by atoms with Crippen molar-refractivity contribution in [2.75, 3.05) is 6.54 Å². The zero-order valence-electron chi connectivity index (χ0n) is 7.86. The molecule has 4 N–H and O–H groups in total. The topological polar surface area (TPSA) is 75.4 Å². The molecule has 1 amide bonds. The van der Waals surface area contributed by atoms with Gasteiger partial charge in [-0.2, -0.15) is 0 Å². The molecule has 76 valence electrons. The lowest BCUT2D eigenvalue weighted by molar-refractivity contribution is -0.117. The lowest BCUT2D eigenvalue weighted by Crippen LogP contribution is -2.21. The minimum atomic E-state index is -0.312. The third-order valence-corrected chi connectivity index (χ3v) is 1.79. The number of rotatable bonds is 5. The molecular formula is C10H14N2O2. The highest BCUT2D eigenvalue weighted by Gasteiger charge is 1.95. The number of nitrogens with two attached hydrogens (primary N) is 1. The van der Waals surface area contributed by atoms with E-state index in [2.05, 4.69) is 5.32 Å². The number of carbonyl (C=O) groups excluding carboxylic acids is 1. The fourth-order valence-corrected chi connectivity index (χ4v) is 1.11. The molecule has 0 aliphatic carbocycles. The number of primary amides is 1. The first-order chi connectivity index (χ1) is 6.68. The fraction of sp³-hybridized carbons (Fsp3) is 0.300. The van der Waals surface area contributed by atoms with Gasteiger partial charge in [0.05, 0.1) is 0 Å². The number of phenols is 1. The Morgan fingerprint density at radius 3 is 2.93 bits per heavy atom. The van der Waals surface area contributed by atoms with E-state index < -0.39 is 0 Å². The predicted octanol–water partition coefficient (Wildman–Crippen LogP) is 0.357. The standard InChI is InChI=1S/C10H14N2O2/c11-10(14)4-5-12-7-8-2-1-3-9(13)6-8/h1-3,6,12-13H,4-5,7H2,(H2,11,14). The van der Waals surface area contributed by atoms with Crippen LogP contribution < -0.4 is 11.1 Å². The lowest BCUT2D eigenvalue weighted by Gasteiger charge is -2.03. The summed E-state index contributed by atoms with van der Waals surface area (Å²) < 4.78 is 0. The number of hydrogen-bond acceptors (Lipinski definition) is 3. The van der Waals surface area contributed by atoms with Crippen molar-refractivity contribution in [1.29, 1.82) is 0 Å². The van der Waals surface area contributed by atoms with E-state index >= 15 is 0 Å². The molecule has 0 aromatic heterocycles. The third-order valence-electron chi connectivity index (χ3n) is 1.79. The van der Waals surface area contributed by atoms with Crippen LogP contribution in [0, 0.1) is 0 Å². The predicted molar refractivity (Wildman–Crippen MR) is 53.6 cm³/mol. The Kier molecular flexibility index (Phi) is 3.94. The van der Waals surface area contributed by atoms with Gasteiger partial charge >= 0.3 is 0 Å². The van der Waals surface area contributed by atoms with Crippen LogP contribution in [0.3, 0.4) is 0 Å². The first kappa shape index (κ1) is 10.5. The van der Waals surface area contributed by atoms with Crippen LogP contribution in [0.25, 0.3) is 0 Å². The van der Waals surface area contributed by atoms with Gasteiger partial charge < -0.3 is 16.2 Å². The largest absolute Gasteiger partial charge is 0.508 e. The zero-order chi connectivity index (χ0) is 10.4. The quantitative estimate of drug-likeness (QED) is 0.592. The number of hydrogen-bond donors (Lipinski definition) is 3. The highest BCUT2D eigenvalue weighted by atomic mass is 16.3. The summed E-state index contributed by atoms with van der Waals surface area (Å²) in [7, 11) is 0. The molecule has 0 aliphatic heterocycles. The molecule has 1 aromatic carbocycles. The van der Waals surface area contributed by atoms with Crippen LogP contribution in [0.4, 0.5) is 0 Å². The molecule has 0 saturated heterocycles. The highest BCUT2D eigenvalue weighted by molar-refractivity contribution is 5.73. The van der Waals surface area contributed by atoms with Crippen LogP contribution in [0.2, 0.25) is 0 Å². The number of carbonyl (C=O) groups is 1. The van der Waals surface area contributed by atoms with E-state index in [0.717, 1.165) is 5.56 Å². The van der Waals surface area contributed by atoms with Crippen molar-refractivity contribution < 1.29 is 9.90 Å². The van der Waals surface area contributed by atoms with Gasteiger partial charge in [-0.05, 0) is 17.7 Å². The van der Waals surface area contributed by atoms with Gasteiger partial charge in [0.1, 0.15) is 5.75 Å². The molecule has 0 heterocycles. The Morgan fingerprint density at radius 1 is 1.50 bits per heavy atom. The molecule has 0 radical (unpaired) electrons. The second kappa shape index (κ2) is 5.24. The molecular weight excluding hydrogens is 180 g/mol. The average Bonchev–Trinajstić information content (AvgIpc) is 2.12. The van der Waals surface area contributed by atoms with E-state index in [1.54, 1.807) is 18.2 Å². The molecule has 0 saturated carbocycles. The van der Waals surface area contributed by atoms with Gasteiger partial charge in [-0.15, -0.1) is 0 Å². The van der Waals surface area contributed by atoms with Gasteiger partial charge in [-0.1, -0.05) is 12.1 Å². The zero-order valence-corrected chi connectivity index (χ0v) is 7.86. The van der Waals surface area contributed by atoms with E-state index in [1.165, 1.54) is 0 Å². The number of benzene rings is 1. The average molecular weight is 194 g/mol. The van der Waals surface area contributed by atoms with Crippen molar-refractivity contribution in [2.24, 2.45) is 5.73 Å². The van der Waals surface area contributed by atoms with Crippen molar-refractivity contribution in [3.63, 3.8) is 0 Å². The van der Waals surface area contributed by atoms with Crippen LogP contribution in [-0.2, 0) is 11.3 Å². The summed E-state index contributed by atoms with van der Waals surface area (Å²) in [5.74, 6) is -0.0624. The summed E-state index contributed by atoms with van der Waals surface area (Å²) in [4.78, 5) is 10.4. The summed E-state index contributed by atoms with van der Waals surface area (Å²) >= 11 is 0. The SMILES string of the molecule is NC(=O)CCNCc1cccc(O)c1. The Labute approximate surface area is 82.7 Å². The molecule has 0 atom stereocenters. The molecule has 14 heavy (non-hydrogen) atoms. The first-order valence-corrected chi connectivity index (χ1v) is 4.45. The summed E-state index contributed by atoms with van der Waals surface area (Å²) in [5, 5.41) is 12.2. The van der Waals surface area contributed by atoms with Gasteiger partial charge in [0.2, 0.25) is 5.91 Å². The maximum absolute atomic E-state index is 10.4. The molecule has 1 rings (SSSR count). The Bertz CT molecular complexity index is 313. The number of aromatic hydroxyl groups is 1. The fourth-order valence-electron chi connectivity index (χ4n) is 1.11. The summed E-state index contributed by atoms with van der Waals surface area (Å²) in [6, 6.07) is 6.97. The van der Waals surface area contributed by atoms with Crippen LogP contribution in [0.1, 0.15) is 12.0 Å².